The number of carbonyl (C=O) groups excluding carboxylic acids is 2. The van der Waals surface area contributed by atoms with Crippen molar-refractivity contribution in [2.24, 2.45) is 0 Å². The number of halogens is 2. The number of ether oxygens (including phenoxy) is 2. The molecule has 0 radical (unpaired) electrons. The van der Waals surface area contributed by atoms with Crippen molar-refractivity contribution in [3.8, 4) is 11.5 Å². The summed E-state index contributed by atoms with van der Waals surface area (Å²) in [7, 11) is 0. The maximum atomic E-state index is 13.0. The third-order valence-electron chi connectivity index (χ3n) is 3.66. The van der Waals surface area contributed by atoms with Gasteiger partial charge in [0.1, 0.15) is 18.1 Å². The van der Waals surface area contributed by atoms with Crippen LogP contribution in [0.2, 0.25) is 5.02 Å². The fourth-order valence-corrected chi connectivity index (χ4v) is 2.73. The monoisotopic (exact) mass is 390 g/mol. The number of amides is 3. The first-order valence-electron chi connectivity index (χ1n) is 8.14. The molecule has 2 aromatic carbocycles. The SMILES string of the molecule is CCOc1cc(/C=C2/NC(=O)NC2=O)cc(Cl)c1OCc1ccc(F)cc1. The number of carbonyl (C=O) groups is 2. The average Bonchev–Trinajstić information content (AvgIpc) is 2.93. The van der Waals surface area contributed by atoms with Crippen molar-refractivity contribution in [1.82, 2.24) is 10.6 Å². The highest BCUT2D eigenvalue weighted by Gasteiger charge is 2.23. The summed E-state index contributed by atoms with van der Waals surface area (Å²) in [6.45, 7) is 2.37. The molecule has 1 fully saturated rings. The molecule has 1 heterocycles. The molecule has 6 nitrogen and oxygen atoms in total. The van der Waals surface area contributed by atoms with E-state index in [9.17, 15) is 14.0 Å². The normalized spacial score (nSPS) is 14.9. The van der Waals surface area contributed by atoms with Crippen molar-refractivity contribution in [2.75, 3.05) is 6.61 Å². The molecule has 8 heteroatoms. The van der Waals surface area contributed by atoms with E-state index in [2.05, 4.69) is 10.6 Å². The van der Waals surface area contributed by atoms with Crippen molar-refractivity contribution in [1.29, 1.82) is 0 Å². The zero-order valence-electron chi connectivity index (χ0n) is 14.3. The predicted octanol–water partition coefficient (Wildman–Crippen LogP) is 3.64. The van der Waals surface area contributed by atoms with Gasteiger partial charge in [-0.15, -0.1) is 0 Å². The Morgan fingerprint density at radius 1 is 1.11 bits per heavy atom. The van der Waals surface area contributed by atoms with Crippen molar-refractivity contribution in [3.05, 3.63) is 64.1 Å². The molecule has 0 saturated carbocycles. The molecule has 1 aliphatic heterocycles. The van der Waals surface area contributed by atoms with Crippen molar-refractivity contribution in [2.45, 2.75) is 13.5 Å². The van der Waals surface area contributed by atoms with E-state index in [1.807, 2.05) is 6.92 Å². The Morgan fingerprint density at radius 3 is 2.48 bits per heavy atom. The second kappa shape index (κ2) is 8.09. The van der Waals surface area contributed by atoms with E-state index in [4.69, 9.17) is 21.1 Å². The molecule has 2 N–H and O–H groups in total. The largest absolute Gasteiger partial charge is 0.490 e. The summed E-state index contributed by atoms with van der Waals surface area (Å²) in [6, 6.07) is 8.59. The zero-order valence-corrected chi connectivity index (χ0v) is 15.1. The molecule has 1 saturated heterocycles. The Hall–Kier alpha value is -3.06. The molecule has 1 aliphatic rings. The minimum atomic E-state index is -0.582. The molecular formula is C19H16ClFN2O4. The molecule has 0 aliphatic carbocycles. The topological polar surface area (TPSA) is 76.7 Å². The lowest BCUT2D eigenvalue weighted by molar-refractivity contribution is -0.115. The van der Waals surface area contributed by atoms with Gasteiger partial charge in [-0.3, -0.25) is 10.1 Å². The van der Waals surface area contributed by atoms with Crippen LogP contribution in [-0.2, 0) is 11.4 Å². The third-order valence-corrected chi connectivity index (χ3v) is 3.94. The number of hydrogen-bond donors (Lipinski definition) is 2. The quantitative estimate of drug-likeness (QED) is 0.583. The maximum absolute atomic E-state index is 13.0. The number of hydrogen-bond acceptors (Lipinski definition) is 4. The standard InChI is InChI=1S/C19H16ClFN2O4/c1-2-26-16-9-12(8-15-18(24)23-19(25)22-15)7-14(20)17(16)27-10-11-3-5-13(21)6-4-11/h3-9H,2,10H2,1H3,(H2,22,23,24,25)/b15-8+. The molecule has 0 aromatic heterocycles. The van der Waals surface area contributed by atoms with E-state index >= 15 is 0 Å². The number of urea groups is 1. The van der Waals surface area contributed by atoms with Crippen LogP contribution in [0.25, 0.3) is 6.08 Å². The molecule has 0 bridgehead atoms. The summed E-state index contributed by atoms with van der Waals surface area (Å²) in [5.41, 5.74) is 1.44. The average molecular weight is 391 g/mol. The van der Waals surface area contributed by atoms with E-state index in [0.29, 0.717) is 23.7 Å². The third kappa shape index (κ3) is 4.57. The van der Waals surface area contributed by atoms with Crippen molar-refractivity contribution in [3.63, 3.8) is 0 Å². The first kappa shape index (κ1) is 18.7. The summed E-state index contributed by atoms with van der Waals surface area (Å²) in [5, 5.41) is 4.80. The fourth-order valence-electron chi connectivity index (χ4n) is 2.46. The van der Waals surface area contributed by atoms with Gasteiger partial charge < -0.3 is 14.8 Å². The molecule has 27 heavy (non-hydrogen) atoms. The Kier molecular flexibility index (Phi) is 5.61. The van der Waals surface area contributed by atoms with Gasteiger partial charge in [0.25, 0.3) is 5.91 Å². The smallest absolute Gasteiger partial charge is 0.326 e. The van der Waals surface area contributed by atoms with Crippen molar-refractivity contribution < 1.29 is 23.5 Å². The van der Waals surface area contributed by atoms with Crippen LogP contribution in [0.5, 0.6) is 11.5 Å². The summed E-state index contributed by atoms with van der Waals surface area (Å²) >= 11 is 6.33. The number of benzene rings is 2. The van der Waals surface area contributed by atoms with E-state index in [1.165, 1.54) is 18.2 Å². The molecule has 140 valence electrons. The van der Waals surface area contributed by atoms with Gasteiger partial charge in [0.15, 0.2) is 11.5 Å². The minimum Gasteiger partial charge on any atom is -0.490 e. The van der Waals surface area contributed by atoms with Crippen LogP contribution in [0, 0.1) is 5.82 Å². The van der Waals surface area contributed by atoms with Gasteiger partial charge in [-0.1, -0.05) is 23.7 Å². The van der Waals surface area contributed by atoms with Crippen LogP contribution in [0.4, 0.5) is 9.18 Å². The van der Waals surface area contributed by atoms with E-state index in [-0.39, 0.29) is 23.1 Å². The molecule has 0 atom stereocenters. The molecule has 3 amide bonds. The highest BCUT2D eigenvalue weighted by Crippen LogP contribution is 2.37. The van der Waals surface area contributed by atoms with Crippen LogP contribution < -0.4 is 20.1 Å². The Bertz CT molecular complexity index is 913. The molecular weight excluding hydrogens is 375 g/mol. The van der Waals surface area contributed by atoms with Crippen LogP contribution in [0.15, 0.2) is 42.1 Å². The van der Waals surface area contributed by atoms with E-state index < -0.39 is 11.9 Å². The minimum absolute atomic E-state index is 0.110. The predicted molar refractivity (Wildman–Crippen MR) is 98.0 cm³/mol. The van der Waals surface area contributed by atoms with Gasteiger partial charge in [-0.05, 0) is 48.4 Å². The van der Waals surface area contributed by atoms with Gasteiger partial charge in [-0.2, -0.15) is 0 Å². The number of rotatable bonds is 6. The van der Waals surface area contributed by atoms with Gasteiger partial charge in [0.05, 0.1) is 11.6 Å². The second-order valence-corrected chi connectivity index (χ2v) is 6.05. The van der Waals surface area contributed by atoms with Crippen LogP contribution in [0.1, 0.15) is 18.1 Å². The van der Waals surface area contributed by atoms with Gasteiger partial charge in [-0.25, -0.2) is 9.18 Å². The van der Waals surface area contributed by atoms with Crippen LogP contribution in [0.3, 0.4) is 0 Å². The van der Waals surface area contributed by atoms with Crippen LogP contribution >= 0.6 is 11.6 Å². The number of nitrogens with one attached hydrogen (secondary N) is 2. The summed E-state index contributed by atoms with van der Waals surface area (Å²) in [5.74, 6) is -0.119. The summed E-state index contributed by atoms with van der Waals surface area (Å²) in [4.78, 5) is 22.9. The lowest BCUT2D eigenvalue weighted by Gasteiger charge is -2.14. The van der Waals surface area contributed by atoms with E-state index in [1.54, 1.807) is 24.3 Å². The van der Waals surface area contributed by atoms with Gasteiger partial charge in [0.2, 0.25) is 0 Å². The summed E-state index contributed by atoms with van der Waals surface area (Å²) in [6.07, 6.45) is 1.48. The Morgan fingerprint density at radius 2 is 1.85 bits per heavy atom. The Balaban J connectivity index is 1.85. The lowest BCUT2D eigenvalue weighted by Crippen LogP contribution is -2.22. The molecule has 0 spiro atoms. The van der Waals surface area contributed by atoms with E-state index in [0.717, 1.165) is 5.56 Å². The zero-order chi connectivity index (χ0) is 19.4. The molecule has 0 unspecified atom stereocenters. The fraction of sp³-hybridized carbons (Fsp3) is 0.158. The lowest BCUT2D eigenvalue weighted by atomic mass is 10.1. The first-order chi connectivity index (χ1) is 13.0. The van der Waals surface area contributed by atoms with Gasteiger partial charge >= 0.3 is 6.03 Å². The Labute approximate surface area is 159 Å². The van der Waals surface area contributed by atoms with Crippen molar-refractivity contribution >= 4 is 29.6 Å². The number of imide groups is 1. The first-order valence-corrected chi connectivity index (χ1v) is 8.51. The maximum Gasteiger partial charge on any atom is 0.326 e. The molecule has 3 rings (SSSR count). The summed E-state index contributed by atoms with van der Waals surface area (Å²) < 4.78 is 24.4. The highest BCUT2D eigenvalue weighted by molar-refractivity contribution is 6.32. The van der Waals surface area contributed by atoms with Gasteiger partial charge in [0, 0.05) is 0 Å². The van der Waals surface area contributed by atoms with Crippen LogP contribution in [-0.4, -0.2) is 18.5 Å². The highest BCUT2D eigenvalue weighted by atomic mass is 35.5. The second-order valence-electron chi connectivity index (χ2n) is 5.64. The molecule has 2 aromatic rings.